The summed E-state index contributed by atoms with van der Waals surface area (Å²) in [5, 5.41) is 0. The molecule has 0 rings (SSSR count). The maximum atomic E-state index is 10.5. The molecule has 0 saturated carbocycles. The van der Waals surface area contributed by atoms with Gasteiger partial charge in [0.25, 0.3) is 7.17 Å². The van der Waals surface area contributed by atoms with Crippen LogP contribution in [0.15, 0.2) is 0 Å². The van der Waals surface area contributed by atoms with Gasteiger partial charge in [0.15, 0.2) is 6.07 Å². The Bertz CT molecular complexity index is 193. The van der Waals surface area contributed by atoms with Crippen molar-refractivity contribution in [3.8, 4) is 0 Å². The van der Waals surface area contributed by atoms with Gasteiger partial charge in [-0.15, -0.1) is 0 Å². The van der Waals surface area contributed by atoms with Crippen LogP contribution in [0.2, 0.25) is 0 Å². The van der Waals surface area contributed by atoms with Gasteiger partial charge in [-0.05, 0) is 0 Å². The number of alkyl halides is 1. The number of hydrogen-bond acceptors (Lipinski definition) is 6. The number of halogens is 1. The number of rotatable bonds is 6. The van der Waals surface area contributed by atoms with Crippen LogP contribution in [-0.2, 0) is 18.5 Å². The van der Waals surface area contributed by atoms with Crippen molar-refractivity contribution in [2.24, 2.45) is 0 Å². The molecule has 0 aliphatic carbocycles. The van der Waals surface area contributed by atoms with Gasteiger partial charge in [-0.3, -0.25) is 4.79 Å². The first-order chi connectivity index (χ1) is 6.70. The molecule has 6 nitrogen and oxygen atoms in total. The Labute approximate surface area is 90.0 Å². The van der Waals surface area contributed by atoms with E-state index in [9.17, 15) is 9.59 Å². The minimum atomic E-state index is -0.923. The summed E-state index contributed by atoms with van der Waals surface area (Å²) >= 11 is 5.07. The van der Waals surface area contributed by atoms with Crippen LogP contribution in [0.1, 0.15) is 0 Å². The van der Waals surface area contributed by atoms with Crippen LogP contribution in [0.25, 0.3) is 0 Å². The first-order valence-electron chi connectivity index (χ1n) is 3.53. The minimum Gasteiger partial charge on any atom is -0.481 e. The van der Waals surface area contributed by atoms with Crippen molar-refractivity contribution in [1.29, 1.82) is 0 Å². The first kappa shape index (κ1) is 13.6. The van der Waals surface area contributed by atoms with Crippen molar-refractivity contribution >= 4 is 55.3 Å². The van der Waals surface area contributed by atoms with E-state index in [1.54, 1.807) is 0 Å². The Morgan fingerprint density at radius 3 is 2.71 bits per heavy atom. The van der Waals surface area contributed by atoms with E-state index in [0.717, 1.165) is 0 Å². The highest BCUT2D eigenvalue weighted by molar-refractivity contribution is 7.18. The van der Waals surface area contributed by atoms with Gasteiger partial charge >= 0.3 is 13.8 Å². The molecule has 0 heterocycles. The van der Waals surface area contributed by atoms with E-state index in [-0.39, 0.29) is 28.3 Å². The third kappa shape index (κ3) is 8.22. The quantitative estimate of drug-likeness (QED) is 0.199. The summed E-state index contributed by atoms with van der Waals surface area (Å²) in [5.74, 6) is -0.432. The second-order valence-electron chi connectivity index (χ2n) is 1.91. The van der Waals surface area contributed by atoms with Crippen LogP contribution in [0.3, 0.4) is 0 Å². The fourth-order valence-electron chi connectivity index (χ4n) is 0.449. The third-order valence-corrected chi connectivity index (χ3v) is 1.39. The molecule has 0 aliphatic heterocycles. The molecular formula is C3H7B3ClO6P. The standard InChI is InChI=1S/C3H7B3ClO6P/c7-1-10-3(9)11-6-13-5-4-2(8)12-14/h4-6H,1,14H2. The molecule has 0 aliphatic rings. The average molecular weight is 238 g/mol. The molecule has 0 aromatic carbocycles. The topological polar surface area (TPSA) is 71.1 Å². The Morgan fingerprint density at radius 2 is 2.14 bits per heavy atom. The number of carbonyl (C=O) groups is 2. The maximum absolute atomic E-state index is 10.5. The molecule has 0 fully saturated rings. The summed E-state index contributed by atoms with van der Waals surface area (Å²) in [5.41, 5.74) is 0. The highest BCUT2D eigenvalue weighted by Gasteiger charge is 2.08. The van der Waals surface area contributed by atoms with Crippen LogP contribution in [0.5, 0.6) is 0 Å². The second-order valence-corrected chi connectivity index (χ2v) is 2.37. The van der Waals surface area contributed by atoms with E-state index in [2.05, 4.69) is 13.9 Å². The van der Waals surface area contributed by atoms with Gasteiger partial charge in [0.05, 0.1) is 9.47 Å². The molecule has 14 heavy (non-hydrogen) atoms. The van der Waals surface area contributed by atoms with E-state index < -0.39 is 12.0 Å². The van der Waals surface area contributed by atoms with Crippen LogP contribution in [-0.4, -0.2) is 40.3 Å². The molecule has 11 heteroatoms. The lowest BCUT2D eigenvalue weighted by Crippen LogP contribution is -2.22. The second kappa shape index (κ2) is 9.18. The third-order valence-electron chi connectivity index (χ3n) is 1.01. The van der Waals surface area contributed by atoms with Gasteiger partial charge in [0, 0.05) is 0 Å². The van der Waals surface area contributed by atoms with Crippen LogP contribution < -0.4 is 0 Å². The van der Waals surface area contributed by atoms with E-state index in [0.29, 0.717) is 0 Å². The predicted octanol–water partition coefficient (Wildman–Crippen LogP) is -0.751. The van der Waals surface area contributed by atoms with Gasteiger partial charge in [-0.2, -0.15) is 0 Å². The molecule has 76 valence electrons. The molecule has 0 radical (unpaired) electrons. The van der Waals surface area contributed by atoms with Crippen molar-refractivity contribution in [3.63, 3.8) is 0 Å². The molecule has 0 bridgehead atoms. The zero-order chi connectivity index (χ0) is 10.8. The van der Waals surface area contributed by atoms with Crippen molar-refractivity contribution < 1.29 is 28.1 Å². The minimum absolute atomic E-state index is 0.0808. The van der Waals surface area contributed by atoms with E-state index >= 15 is 0 Å². The molecule has 1 unspecified atom stereocenters. The first-order valence-corrected chi connectivity index (χ1v) is 4.54. The van der Waals surface area contributed by atoms with Gasteiger partial charge in [-0.1, -0.05) is 11.6 Å². The fraction of sp³-hybridized carbons (Fsp3) is 0.333. The average Bonchev–Trinajstić information content (AvgIpc) is 2.17. The SMILES string of the molecule is O=C(BBOBOC(=O)OCCl)OP. The largest absolute Gasteiger partial charge is 0.496 e. The zero-order valence-electron chi connectivity index (χ0n) is 7.23. The smallest absolute Gasteiger partial charge is 0.481 e. The maximum Gasteiger partial charge on any atom is 0.496 e. The molecular weight excluding hydrogens is 231 g/mol. The summed E-state index contributed by atoms with van der Waals surface area (Å²) in [6.07, 6.45) is -0.923. The summed E-state index contributed by atoms with van der Waals surface area (Å²) in [7, 11) is 1.71. The van der Waals surface area contributed by atoms with Crippen LogP contribution in [0.4, 0.5) is 9.59 Å². The molecule has 0 spiro atoms. The predicted molar refractivity (Wildman–Crippen MR) is 57.0 cm³/mol. The number of hydrogen-bond donors (Lipinski definition) is 0. The Morgan fingerprint density at radius 1 is 1.43 bits per heavy atom. The normalized spacial score (nSPS) is 8.43. The summed E-state index contributed by atoms with van der Waals surface area (Å²) in [6, 6.07) is -0.280. The van der Waals surface area contributed by atoms with E-state index in [1.165, 1.54) is 0 Å². The Hall–Kier alpha value is -0.385. The highest BCUT2D eigenvalue weighted by Crippen LogP contribution is 1.88. The van der Waals surface area contributed by atoms with Gasteiger partial charge in [0.1, 0.15) is 0 Å². The van der Waals surface area contributed by atoms with Crippen molar-refractivity contribution in [2.75, 3.05) is 6.07 Å². The molecule has 1 atom stereocenters. The molecule has 0 saturated heterocycles. The summed E-state index contributed by atoms with van der Waals surface area (Å²) in [4.78, 5) is 21.0. The Kier molecular flexibility index (Phi) is 8.93. The van der Waals surface area contributed by atoms with Gasteiger partial charge < -0.3 is 18.5 Å². The fourth-order valence-corrected chi connectivity index (χ4v) is 0.656. The molecule has 0 aromatic heterocycles. The van der Waals surface area contributed by atoms with Crippen molar-refractivity contribution in [2.45, 2.75) is 0 Å². The summed E-state index contributed by atoms with van der Waals surface area (Å²) < 4.78 is 17.6. The monoisotopic (exact) mass is 238 g/mol. The lowest BCUT2D eigenvalue weighted by atomic mass is 9.50. The molecule has 0 amide bonds. The molecule has 0 aromatic rings. The highest BCUT2D eigenvalue weighted by atomic mass is 35.5. The lowest BCUT2D eigenvalue weighted by molar-refractivity contribution is 0.112. The van der Waals surface area contributed by atoms with Crippen molar-refractivity contribution in [1.82, 2.24) is 0 Å². The van der Waals surface area contributed by atoms with Gasteiger partial charge in [0.2, 0.25) is 13.2 Å². The molecule has 0 N–H and O–H groups in total. The van der Waals surface area contributed by atoms with Crippen molar-refractivity contribution in [3.05, 3.63) is 0 Å². The summed E-state index contributed by atoms with van der Waals surface area (Å²) in [6.45, 7) is 0. The van der Waals surface area contributed by atoms with E-state index in [4.69, 9.17) is 16.2 Å². The van der Waals surface area contributed by atoms with Crippen LogP contribution in [0, 0.1) is 0 Å². The lowest BCUT2D eigenvalue weighted by Gasteiger charge is -2.02. The Balaban J connectivity index is 3.21. The van der Waals surface area contributed by atoms with Crippen LogP contribution >= 0.6 is 21.1 Å². The van der Waals surface area contributed by atoms with E-state index in [1.807, 2.05) is 9.47 Å². The number of carbonyl (C=O) groups excluding carboxylic acids is 2. The zero-order valence-corrected chi connectivity index (χ0v) is 9.14. The number of ether oxygens (including phenoxy) is 1. The van der Waals surface area contributed by atoms with Gasteiger partial charge in [-0.25, -0.2) is 4.79 Å².